The molecule has 7 heteroatoms. The normalized spacial score (nSPS) is 11.5. The van der Waals surface area contributed by atoms with Crippen molar-refractivity contribution < 1.29 is 13.9 Å². The van der Waals surface area contributed by atoms with Crippen LogP contribution in [0, 0.1) is 6.92 Å². The fourth-order valence-corrected chi connectivity index (χ4v) is 2.83. The van der Waals surface area contributed by atoms with Crippen LogP contribution in [0.2, 0.25) is 0 Å². The van der Waals surface area contributed by atoms with Crippen molar-refractivity contribution in [2.75, 3.05) is 33.4 Å². The second-order valence-electron chi connectivity index (χ2n) is 5.96. The zero-order chi connectivity index (χ0) is 19.5. The van der Waals surface area contributed by atoms with Crippen molar-refractivity contribution in [2.24, 2.45) is 4.99 Å². The number of furan rings is 1. The van der Waals surface area contributed by atoms with Gasteiger partial charge in [-0.3, -0.25) is 4.99 Å². The number of aliphatic imine (C=N–C) groups is 1. The van der Waals surface area contributed by atoms with Gasteiger partial charge in [-0.25, -0.2) is 0 Å². The first kappa shape index (κ1) is 21.3. The minimum absolute atomic E-state index is 0.538. The molecule has 0 saturated heterocycles. The summed E-state index contributed by atoms with van der Waals surface area (Å²) in [7, 11) is 1.76. The predicted octanol–water partition coefficient (Wildman–Crippen LogP) is 3.67. The maximum absolute atomic E-state index is 5.89. The maximum Gasteiger partial charge on any atom is 0.191 e. The van der Waals surface area contributed by atoms with Gasteiger partial charge in [0.2, 0.25) is 0 Å². The van der Waals surface area contributed by atoms with Crippen LogP contribution >= 0.6 is 15.9 Å². The Kier molecular flexibility index (Phi) is 9.21. The lowest BCUT2D eigenvalue weighted by atomic mass is 10.1. The van der Waals surface area contributed by atoms with Gasteiger partial charge in [0.15, 0.2) is 10.6 Å². The Bertz CT molecular complexity index is 731. The number of nitrogens with zero attached hydrogens (tertiary/aromatic N) is 1. The second-order valence-corrected chi connectivity index (χ2v) is 6.75. The Morgan fingerprint density at radius 2 is 2.04 bits per heavy atom. The average Bonchev–Trinajstić information content (AvgIpc) is 3.08. The minimum Gasteiger partial charge on any atom is -0.491 e. The minimum atomic E-state index is 0.538. The van der Waals surface area contributed by atoms with Crippen molar-refractivity contribution in [2.45, 2.75) is 26.8 Å². The monoisotopic (exact) mass is 437 g/mol. The molecule has 6 nitrogen and oxygen atoms in total. The summed E-state index contributed by atoms with van der Waals surface area (Å²) in [6, 6.07) is 10.1. The van der Waals surface area contributed by atoms with E-state index in [4.69, 9.17) is 13.9 Å². The van der Waals surface area contributed by atoms with E-state index in [0.29, 0.717) is 26.4 Å². The SMILES string of the molecule is CCOCCOc1cc(C)ccc1CNC(=NC)NCCc1ccc(Br)o1. The highest BCUT2D eigenvalue weighted by Gasteiger charge is 2.07. The molecular formula is C20H28BrN3O3. The number of nitrogens with one attached hydrogen (secondary N) is 2. The van der Waals surface area contributed by atoms with Crippen LogP contribution in [-0.2, 0) is 17.7 Å². The number of ether oxygens (including phenoxy) is 2. The summed E-state index contributed by atoms with van der Waals surface area (Å²) < 4.78 is 17.5. The largest absolute Gasteiger partial charge is 0.491 e. The van der Waals surface area contributed by atoms with Crippen LogP contribution in [0.3, 0.4) is 0 Å². The number of guanidine groups is 1. The average molecular weight is 438 g/mol. The fourth-order valence-electron chi connectivity index (χ4n) is 2.49. The molecule has 0 atom stereocenters. The van der Waals surface area contributed by atoms with Crippen LogP contribution in [0.25, 0.3) is 0 Å². The van der Waals surface area contributed by atoms with Crippen LogP contribution in [-0.4, -0.2) is 39.4 Å². The van der Waals surface area contributed by atoms with Crippen molar-refractivity contribution in [3.8, 4) is 5.75 Å². The van der Waals surface area contributed by atoms with E-state index in [1.54, 1.807) is 7.05 Å². The molecule has 0 saturated carbocycles. The van der Waals surface area contributed by atoms with Crippen LogP contribution < -0.4 is 15.4 Å². The molecule has 2 N–H and O–H groups in total. The number of halogens is 1. The first-order valence-electron chi connectivity index (χ1n) is 9.11. The topological polar surface area (TPSA) is 68.0 Å². The van der Waals surface area contributed by atoms with Crippen molar-refractivity contribution in [3.05, 3.63) is 51.9 Å². The quantitative estimate of drug-likeness (QED) is 0.337. The van der Waals surface area contributed by atoms with Gasteiger partial charge >= 0.3 is 0 Å². The van der Waals surface area contributed by atoms with E-state index in [1.807, 2.05) is 25.1 Å². The molecule has 0 aliphatic carbocycles. The van der Waals surface area contributed by atoms with Crippen molar-refractivity contribution in [1.82, 2.24) is 10.6 Å². The molecule has 1 aromatic carbocycles. The molecule has 0 spiro atoms. The highest BCUT2D eigenvalue weighted by molar-refractivity contribution is 9.10. The summed E-state index contributed by atoms with van der Waals surface area (Å²) in [6.07, 6.45) is 0.780. The standard InChI is InChI=1S/C20H28BrN3O3/c1-4-25-11-12-26-18-13-15(2)5-6-16(18)14-24-20(22-3)23-10-9-17-7-8-19(21)27-17/h5-8,13H,4,9-12,14H2,1-3H3,(H2,22,23,24). The summed E-state index contributed by atoms with van der Waals surface area (Å²) >= 11 is 3.31. The van der Waals surface area contributed by atoms with Gasteiger partial charge in [0, 0.05) is 38.7 Å². The molecule has 0 radical (unpaired) electrons. The Hall–Kier alpha value is -1.99. The van der Waals surface area contributed by atoms with E-state index in [2.05, 4.69) is 50.6 Å². The molecular weight excluding hydrogens is 410 g/mol. The highest BCUT2D eigenvalue weighted by Crippen LogP contribution is 2.20. The van der Waals surface area contributed by atoms with Crippen LogP contribution in [0.15, 0.2) is 44.4 Å². The van der Waals surface area contributed by atoms with E-state index in [-0.39, 0.29) is 0 Å². The molecule has 2 rings (SSSR count). The molecule has 1 heterocycles. The Morgan fingerprint density at radius 3 is 2.74 bits per heavy atom. The van der Waals surface area contributed by atoms with Gasteiger partial charge in [-0.05, 0) is 53.5 Å². The molecule has 0 aliphatic heterocycles. The molecule has 27 heavy (non-hydrogen) atoms. The van der Waals surface area contributed by atoms with Crippen LogP contribution in [0.5, 0.6) is 5.75 Å². The van der Waals surface area contributed by atoms with Gasteiger partial charge < -0.3 is 24.5 Å². The molecule has 0 aliphatic rings. The highest BCUT2D eigenvalue weighted by atomic mass is 79.9. The van der Waals surface area contributed by atoms with Gasteiger partial charge in [-0.1, -0.05) is 12.1 Å². The predicted molar refractivity (Wildman–Crippen MR) is 111 cm³/mol. The molecule has 0 unspecified atom stereocenters. The Labute approximate surface area is 169 Å². The molecule has 0 fully saturated rings. The van der Waals surface area contributed by atoms with E-state index >= 15 is 0 Å². The van der Waals surface area contributed by atoms with Gasteiger partial charge in [-0.15, -0.1) is 0 Å². The molecule has 0 bridgehead atoms. The lowest BCUT2D eigenvalue weighted by molar-refractivity contribution is 0.110. The maximum atomic E-state index is 5.89. The number of rotatable bonds is 10. The van der Waals surface area contributed by atoms with E-state index in [0.717, 1.165) is 46.2 Å². The van der Waals surface area contributed by atoms with Gasteiger partial charge in [0.25, 0.3) is 0 Å². The van der Waals surface area contributed by atoms with E-state index < -0.39 is 0 Å². The third-order valence-corrected chi connectivity index (χ3v) is 4.30. The number of hydrogen-bond acceptors (Lipinski definition) is 4. The second kappa shape index (κ2) is 11.7. The number of hydrogen-bond donors (Lipinski definition) is 2. The molecule has 1 aromatic heterocycles. The van der Waals surface area contributed by atoms with Gasteiger partial charge in [0.1, 0.15) is 18.1 Å². The van der Waals surface area contributed by atoms with Crippen molar-refractivity contribution in [1.29, 1.82) is 0 Å². The van der Waals surface area contributed by atoms with Crippen LogP contribution in [0.4, 0.5) is 0 Å². The van der Waals surface area contributed by atoms with Crippen molar-refractivity contribution >= 4 is 21.9 Å². The van der Waals surface area contributed by atoms with E-state index in [1.165, 1.54) is 0 Å². The lowest BCUT2D eigenvalue weighted by Crippen LogP contribution is -2.37. The van der Waals surface area contributed by atoms with Gasteiger partial charge in [-0.2, -0.15) is 0 Å². The third-order valence-electron chi connectivity index (χ3n) is 3.87. The summed E-state index contributed by atoms with van der Waals surface area (Å²) in [5.74, 6) is 2.54. The Balaban J connectivity index is 1.83. The van der Waals surface area contributed by atoms with Gasteiger partial charge in [0.05, 0.1) is 6.61 Å². The summed E-state index contributed by atoms with van der Waals surface area (Å²) in [4.78, 5) is 4.27. The first-order chi connectivity index (χ1) is 13.1. The smallest absolute Gasteiger partial charge is 0.191 e. The number of aryl methyl sites for hydroxylation is 1. The zero-order valence-electron chi connectivity index (χ0n) is 16.2. The zero-order valence-corrected chi connectivity index (χ0v) is 17.8. The van der Waals surface area contributed by atoms with E-state index in [9.17, 15) is 0 Å². The number of benzene rings is 1. The summed E-state index contributed by atoms with van der Waals surface area (Å²) in [5.41, 5.74) is 2.24. The Morgan fingerprint density at radius 1 is 1.19 bits per heavy atom. The molecule has 2 aromatic rings. The van der Waals surface area contributed by atoms with Crippen LogP contribution in [0.1, 0.15) is 23.8 Å². The lowest BCUT2D eigenvalue weighted by Gasteiger charge is -2.15. The third kappa shape index (κ3) is 7.64. The summed E-state index contributed by atoms with van der Waals surface area (Å²) in [5, 5.41) is 6.62. The molecule has 148 valence electrons. The van der Waals surface area contributed by atoms with Crippen molar-refractivity contribution in [3.63, 3.8) is 0 Å². The first-order valence-corrected chi connectivity index (χ1v) is 9.90. The fraction of sp³-hybridized carbons (Fsp3) is 0.450. The molecule has 0 amide bonds. The summed E-state index contributed by atoms with van der Waals surface area (Å²) in [6.45, 7) is 7.20.